The van der Waals surface area contributed by atoms with E-state index >= 15 is 0 Å². The van der Waals surface area contributed by atoms with Crippen molar-refractivity contribution in [3.05, 3.63) is 0 Å². The molecule has 0 aromatic heterocycles. The van der Waals surface area contributed by atoms with Gasteiger partial charge in [0.2, 0.25) is 0 Å². The van der Waals surface area contributed by atoms with Crippen LogP contribution >= 0.6 is 12.6 Å². The Morgan fingerprint density at radius 3 is 1.96 bits per heavy atom. The fourth-order valence-corrected chi connectivity index (χ4v) is 6.50. The van der Waals surface area contributed by atoms with Gasteiger partial charge in [0.25, 0.3) is 0 Å². The molecule has 1 saturated heterocycles. The molecule has 1 heterocycles. The minimum absolute atomic E-state index is 0.395. The number of hydrogen-bond acceptors (Lipinski definition) is 6. The summed E-state index contributed by atoms with van der Waals surface area (Å²) in [4.78, 5) is 0. The first kappa shape index (κ1) is 23.4. The first-order chi connectivity index (χ1) is 11.8. The average Bonchev–Trinajstić information content (AvgIpc) is 2.96. The monoisotopic (exact) mass is 394 g/mol. The molecule has 5 unspecified atom stereocenters. The molecule has 5 atom stereocenters. The van der Waals surface area contributed by atoms with Crippen LogP contribution in [0.2, 0.25) is 6.04 Å². The van der Waals surface area contributed by atoms with E-state index in [1.54, 1.807) is 21.0 Å². The third kappa shape index (κ3) is 7.87. The highest BCUT2D eigenvalue weighted by Gasteiger charge is 2.55. The van der Waals surface area contributed by atoms with Crippen molar-refractivity contribution >= 4 is 21.4 Å². The van der Waals surface area contributed by atoms with Crippen LogP contribution < -0.4 is 0 Å². The maximum atomic E-state index is 9.91. The van der Waals surface area contributed by atoms with Crippen molar-refractivity contribution in [2.75, 3.05) is 7.11 Å². The summed E-state index contributed by atoms with van der Waals surface area (Å²) in [5, 5.41) is 20.2. The molecule has 5 nitrogen and oxygen atoms in total. The minimum atomic E-state index is -2.83. The molecule has 0 aromatic carbocycles. The Morgan fingerprint density at radius 1 is 0.960 bits per heavy atom. The molecule has 0 aliphatic carbocycles. The Labute approximate surface area is 160 Å². The third-order valence-electron chi connectivity index (χ3n) is 4.88. The van der Waals surface area contributed by atoms with Gasteiger partial charge in [0.1, 0.15) is 12.2 Å². The zero-order valence-corrected chi connectivity index (χ0v) is 18.2. The SMILES string of the molecule is CCCCCCCC(S)CCC[Si]1(OC)OC(C(C)O)C(C(C)O)O1. The highest BCUT2D eigenvalue weighted by molar-refractivity contribution is 7.80. The zero-order valence-electron chi connectivity index (χ0n) is 16.3. The Balaban J connectivity index is 2.38. The van der Waals surface area contributed by atoms with Gasteiger partial charge in [-0.25, -0.2) is 0 Å². The van der Waals surface area contributed by atoms with E-state index in [-0.39, 0.29) is 0 Å². The van der Waals surface area contributed by atoms with Gasteiger partial charge in [-0.05, 0) is 33.1 Å². The average molecular weight is 395 g/mol. The maximum Gasteiger partial charge on any atom is 0.501 e. The summed E-state index contributed by atoms with van der Waals surface area (Å²) >= 11 is 4.70. The van der Waals surface area contributed by atoms with Crippen LogP contribution in [-0.4, -0.2) is 55.8 Å². The molecule has 7 heteroatoms. The smallest absolute Gasteiger partial charge is 0.391 e. The van der Waals surface area contributed by atoms with Crippen molar-refractivity contribution in [3.8, 4) is 0 Å². The van der Waals surface area contributed by atoms with Crippen molar-refractivity contribution < 1.29 is 23.5 Å². The van der Waals surface area contributed by atoms with Crippen molar-refractivity contribution in [1.82, 2.24) is 0 Å². The molecule has 2 N–H and O–H groups in total. The lowest BCUT2D eigenvalue weighted by atomic mass is 10.1. The molecule has 1 aliphatic rings. The number of rotatable bonds is 13. The van der Waals surface area contributed by atoms with Gasteiger partial charge < -0.3 is 23.5 Å². The van der Waals surface area contributed by atoms with Crippen LogP contribution in [-0.2, 0) is 13.3 Å². The van der Waals surface area contributed by atoms with Crippen LogP contribution in [0.1, 0.15) is 72.1 Å². The van der Waals surface area contributed by atoms with Crippen LogP contribution in [0.5, 0.6) is 0 Å². The van der Waals surface area contributed by atoms with Crippen LogP contribution in [0.3, 0.4) is 0 Å². The quantitative estimate of drug-likeness (QED) is 0.253. The Bertz CT molecular complexity index is 340. The molecule has 0 spiro atoms. The van der Waals surface area contributed by atoms with E-state index in [0.717, 1.165) is 19.3 Å². The topological polar surface area (TPSA) is 68.2 Å². The number of hydrogen-bond donors (Lipinski definition) is 3. The van der Waals surface area contributed by atoms with Gasteiger partial charge >= 0.3 is 8.80 Å². The molecular weight excluding hydrogens is 356 g/mol. The Morgan fingerprint density at radius 2 is 1.48 bits per heavy atom. The molecule has 0 amide bonds. The molecule has 150 valence electrons. The van der Waals surface area contributed by atoms with E-state index in [9.17, 15) is 10.2 Å². The van der Waals surface area contributed by atoms with Gasteiger partial charge in [0.05, 0.1) is 12.2 Å². The Hall–Kier alpha value is 0.367. The van der Waals surface area contributed by atoms with E-state index in [1.807, 2.05) is 0 Å². The zero-order chi connectivity index (χ0) is 18.9. The van der Waals surface area contributed by atoms with E-state index in [4.69, 9.17) is 25.9 Å². The van der Waals surface area contributed by atoms with Crippen molar-refractivity contribution in [3.63, 3.8) is 0 Å². The molecule has 1 rings (SSSR count). The van der Waals surface area contributed by atoms with Crippen LogP contribution in [0.25, 0.3) is 0 Å². The van der Waals surface area contributed by atoms with Gasteiger partial charge in [-0.15, -0.1) is 0 Å². The number of thiol groups is 1. The molecular formula is C18H38O5SSi. The summed E-state index contributed by atoms with van der Waals surface area (Å²) in [6, 6.07) is 0.697. The molecule has 0 bridgehead atoms. The molecule has 0 saturated carbocycles. The highest BCUT2D eigenvalue weighted by Crippen LogP contribution is 2.34. The molecule has 1 aliphatic heterocycles. The third-order valence-corrected chi connectivity index (χ3v) is 8.25. The predicted octanol–water partition coefficient (Wildman–Crippen LogP) is 3.56. The van der Waals surface area contributed by atoms with Crippen LogP contribution in [0.15, 0.2) is 0 Å². The van der Waals surface area contributed by atoms with E-state index in [2.05, 4.69) is 6.92 Å². The highest BCUT2D eigenvalue weighted by atomic mass is 32.1. The number of aliphatic hydroxyl groups excluding tert-OH is 2. The van der Waals surface area contributed by atoms with Crippen molar-refractivity contribution in [2.45, 2.75) is 108 Å². The maximum absolute atomic E-state index is 9.91. The number of unbranched alkanes of at least 4 members (excludes halogenated alkanes) is 4. The predicted molar refractivity (Wildman–Crippen MR) is 106 cm³/mol. The van der Waals surface area contributed by atoms with Crippen molar-refractivity contribution in [2.24, 2.45) is 0 Å². The second kappa shape index (κ2) is 12.0. The van der Waals surface area contributed by atoms with Crippen LogP contribution in [0.4, 0.5) is 0 Å². The molecule has 1 fully saturated rings. The summed E-state index contributed by atoms with van der Waals surface area (Å²) in [7, 11) is -1.23. The first-order valence-electron chi connectivity index (χ1n) is 9.80. The van der Waals surface area contributed by atoms with E-state index in [0.29, 0.717) is 11.3 Å². The molecule has 0 aromatic rings. The lowest BCUT2D eigenvalue weighted by Gasteiger charge is -2.22. The summed E-state index contributed by atoms with van der Waals surface area (Å²) < 4.78 is 17.6. The minimum Gasteiger partial charge on any atom is -0.391 e. The summed E-state index contributed by atoms with van der Waals surface area (Å²) in [6.45, 7) is 5.55. The fourth-order valence-electron chi connectivity index (χ4n) is 3.32. The Kier molecular flexibility index (Phi) is 11.2. The number of aliphatic hydroxyl groups is 2. The summed E-state index contributed by atoms with van der Waals surface area (Å²) in [5.41, 5.74) is 0. The molecule has 0 radical (unpaired) electrons. The lowest BCUT2D eigenvalue weighted by molar-refractivity contribution is -0.0216. The normalized spacial score (nSPS) is 30.4. The lowest BCUT2D eigenvalue weighted by Crippen LogP contribution is -2.41. The summed E-state index contributed by atoms with van der Waals surface area (Å²) in [6.07, 6.45) is 7.04. The van der Waals surface area contributed by atoms with E-state index < -0.39 is 33.2 Å². The standard InChI is InChI=1S/C18H38O5SSi/c1-5-6-7-8-9-11-16(24)12-10-13-25(21-4)22-17(14(2)19)18(23-25)15(3)20/h14-20,24H,5-13H2,1-4H3. The second-order valence-corrected chi connectivity index (χ2v) is 10.8. The van der Waals surface area contributed by atoms with E-state index in [1.165, 1.54) is 32.1 Å². The largest absolute Gasteiger partial charge is 0.501 e. The van der Waals surface area contributed by atoms with Gasteiger partial charge in [0, 0.05) is 18.4 Å². The van der Waals surface area contributed by atoms with Gasteiger partial charge in [-0.2, -0.15) is 12.6 Å². The van der Waals surface area contributed by atoms with Crippen molar-refractivity contribution in [1.29, 1.82) is 0 Å². The second-order valence-electron chi connectivity index (χ2n) is 7.28. The summed E-state index contributed by atoms with van der Waals surface area (Å²) in [5.74, 6) is 0. The van der Waals surface area contributed by atoms with Gasteiger partial charge in [-0.1, -0.05) is 39.0 Å². The fraction of sp³-hybridized carbons (Fsp3) is 1.00. The van der Waals surface area contributed by atoms with Crippen LogP contribution in [0, 0.1) is 0 Å². The van der Waals surface area contributed by atoms with Gasteiger partial charge in [0.15, 0.2) is 0 Å². The van der Waals surface area contributed by atoms with Gasteiger partial charge in [-0.3, -0.25) is 0 Å². The first-order valence-corrected chi connectivity index (χ1v) is 12.2. The molecule has 25 heavy (non-hydrogen) atoms.